The van der Waals surface area contributed by atoms with Gasteiger partial charge in [0.25, 0.3) is 0 Å². The van der Waals surface area contributed by atoms with Gasteiger partial charge in [-0.05, 0) is 35.9 Å². The van der Waals surface area contributed by atoms with Crippen molar-refractivity contribution in [2.45, 2.75) is 0 Å². The van der Waals surface area contributed by atoms with Crippen LogP contribution >= 0.6 is 0 Å². The van der Waals surface area contributed by atoms with Gasteiger partial charge in [0.2, 0.25) is 5.91 Å². The van der Waals surface area contributed by atoms with Crippen LogP contribution < -0.4 is 5.32 Å². The predicted octanol–water partition coefficient (Wildman–Crippen LogP) is 3.77. The van der Waals surface area contributed by atoms with Crippen LogP contribution in [0.2, 0.25) is 0 Å². The van der Waals surface area contributed by atoms with E-state index in [1.54, 1.807) is 6.07 Å². The molecule has 0 fully saturated rings. The minimum Gasteiger partial charge on any atom is -0.345 e. The Morgan fingerprint density at radius 2 is 1.87 bits per heavy atom. The Morgan fingerprint density at radius 3 is 2.70 bits per heavy atom. The molecule has 0 bridgehead atoms. The minimum absolute atomic E-state index is 0. The van der Waals surface area contributed by atoms with E-state index in [-0.39, 0.29) is 37.0 Å². The number of para-hydroxylation sites is 1. The molecule has 1 aromatic heterocycles. The summed E-state index contributed by atoms with van der Waals surface area (Å²) in [7, 11) is 0. The molecule has 2 aromatic carbocycles. The molecule has 0 radical (unpaired) electrons. The first-order valence-corrected chi connectivity index (χ1v) is 7.09. The molecule has 0 saturated heterocycles. The summed E-state index contributed by atoms with van der Waals surface area (Å²) in [5, 5.41) is 2.88. The number of benzene rings is 2. The number of amides is 1. The maximum atomic E-state index is 12.2. The Hall–Kier alpha value is -2.02. The number of hydrogen-bond acceptors (Lipinski definition) is 1. The topological polar surface area (TPSA) is 34.0 Å². The fraction of sp³-hybridized carbons (Fsp3) is 0. The first-order chi connectivity index (χ1) is 10.8. The van der Waals surface area contributed by atoms with E-state index in [9.17, 15) is 4.79 Å². The van der Waals surface area contributed by atoms with E-state index in [0.29, 0.717) is 5.57 Å². The average molecular weight is 523 g/mol. The second-order valence-electron chi connectivity index (χ2n) is 5.12. The molecule has 1 N–H and O–H groups in total. The zero-order valence-electron chi connectivity index (χ0n) is 12.3. The molecule has 3 aromatic rings. The third kappa shape index (κ3) is 2.93. The van der Waals surface area contributed by atoms with E-state index in [0.717, 1.165) is 22.6 Å². The number of nitrogens with zero attached hydrogens (tertiary/aromatic N) is 1. The van der Waals surface area contributed by atoms with Crippen molar-refractivity contribution < 1.29 is 35.9 Å². The van der Waals surface area contributed by atoms with Crippen LogP contribution in [0, 0.1) is 37.2 Å². The van der Waals surface area contributed by atoms with Gasteiger partial charge in [-0.25, -0.2) is 0 Å². The van der Waals surface area contributed by atoms with Crippen LogP contribution in [0.4, 0.5) is 5.69 Å². The van der Waals surface area contributed by atoms with Gasteiger partial charge < -0.3 is 9.88 Å². The number of nitrogens with one attached hydrogen (secondary N) is 1. The molecule has 2 heterocycles. The number of carbonyl (C=O) groups is 1. The Bertz CT molecular complexity index is 881. The fourth-order valence-corrected chi connectivity index (χ4v) is 2.70. The summed E-state index contributed by atoms with van der Waals surface area (Å²) in [5.41, 5.74) is 4.44. The monoisotopic (exact) mass is 523 g/mol. The van der Waals surface area contributed by atoms with Crippen molar-refractivity contribution in [2.24, 2.45) is 0 Å². The molecular formula is C19H13N2OU-. The van der Waals surface area contributed by atoms with E-state index in [4.69, 9.17) is 0 Å². The first kappa shape index (κ1) is 15.9. The minimum atomic E-state index is -0.0737. The van der Waals surface area contributed by atoms with Gasteiger partial charge in [0.1, 0.15) is 0 Å². The van der Waals surface area contributed by atoms with Crippen molar-refractivity contribution in [3.8, 4) is 5.69 Å². The average Bonchev–Trinajstić information content (AvgIpc) is 3.14. The zero-order chi connectivity index (χ0) is 14.9. The molecule has 0 spiro atoms. The van der Waals surface area contributed by atoms with Gasteiger partial charge >= 0.3 is 0 Å². The fourth-order valence-electron chi connectivity index (χ4n) is 2.70. The SMILES string of the molecule is O=C1Nc2cc[c-]cc2/C1=C/c1cccn1-c1ccccc1.[U]. The second kappa shape index (κ2) is 6.62. The maximum absolute atomic E-state index is 12.2. The van der Waals surface area contributed by atoms with Crippen LogP contribution in [0.1, 0.15) is 11.3 Å². The van der Waals surface area contributed by atoms with Crippen molar-refractivity contribution in [3.63, 3.8) is 0 Å². The smallest absolute Gasteiger partial charge is 0.242 e. The number of aromatic nitrogens is 1. The zero-order valence-corrected chi connectivity index (χ0v) is 16.4. The maximum Gasteiger partial charge on any atom is 0.242 e. The number of anilines is 1. The van der Waals surface area contributed by atoms with Crippen LogP contribution in [0.15, 0.2) is 66.9 Å². The van der Waals surface area contributed by atoms with Gasteiger partial charge in [-0.15, -0.1) is 6.07 Å². The molecule has 3 nitrogen and oxygen atoms in total. The van der Waals surface area contributed by atoms with Crippen molar-refractivity contribution >= 4 is 23.2 Å². The summed E-state index contributed by atoms with van der Waals surface area (Å²) in [5.74, 6) is -0.0737. The molecule has 110 valence electrons. The Morgan fingerprint density at radius 1 is 1.04 bits per heavy atom. The molecule has 1 amide bonds. The number of rotatable bonds is 2. The Kier molecular flexibility index (Phi) is 4.56. The van der Waals surface area contributed by atoms with Crippen molar-refractivity contribution in [3.05, 3.63) is 84.2 Å². The molecule has 4 heteroatoms. The van der Waals surface area contributed by atoms with Crippen molar-refractivity contribution in [2.75, 3.05) is 5.32 Å². The van der Waals surface area contributed by atoms with E-state index >= 15 is 0 Å². The first-order valence-electron chi connectivity index (χ1n) is 7.09. The van der Waals surface area contributed by atoms with Crippen molar-refractivity contribution in [1.82, 2.24) is 4.57 Å². The van der Waals surface area contributed by atoms with Gasteiger partial charge in [-0.1, -0.05) is 29.4 Å². The van der Waals surface area contributed by atoms with Gasteiger partial charge in [0, 0.05) is 48.7 Å². The molecule has 4 rings (SSSR count). The van der Waals surface area contributed by atoms with Crippen LogP contribution in [0.5, 0.6) is 0 Å². The summed E-state index contributed by atoms with van der Waals surface area (Å²) >= 11 is 0. The predicted molar refractivity (Wildman–Crippen MR) is 87.5 cm³/mol. The van der Waals surface area contributed by atoms with Crippen LogP contribution in [-0.4, -0.2) is 10.5 Å². The van der Waals surface area contributed by atoms with E-state index < -0.39 is 0 Å². The largest absolute Gasteiger partial charge is 0.345 e. The Labute approximate surface area is 158 Å². The number of carbonyl (C=O) groups excluding carboxylic acids is 1. The van der Waals surface area contributed by atoms with Crippen LogP contribution in [0.25, 0.3) is 17.3 Å². The van der Waals surface area contributed by atoms with E-state index in [1.165, 1.54) is 0 Å². The molecule has 0 aliphatic carbocycles. The molecular weight excluding hydrogens is 510 g/mol. The number of fused-ring (bicyclic) bond motifs is 1. The van der Waals surface area contributed by atoms with Gasteiger partial charge in [-0.3, -0.25) is 4.79 Å². The van der Waals surface area contributed by atoms with Gasteiger partial charge in [0.15, 0.2) is 0 Å². The quantitative estimate of drug-likeness (QED) is 0.403. The molecule has 23 heavy (non-hydrogen) atoms. The molecule has 0 unspecified atom stereocenters. The van der Waals surface area contributed by atoms with Crippen LogP contribution in [-0.2, 0) is 4.79 Å². The normalized spacial score (nSPS) is 14.3. The summed E-state index contributed by atoms with van der Waals surface area (Å²) in [6, 6.07) is 22.6. The summed E-state index contributed by atoms with van der Waals surface area (Å²) in [6.07, 6.45) is 3.91. The van der Waals surface area contributed by atoms with E-state index in [1.807, 2.05) is 66.9 Å². The molecule has 0 atom stereocenters. The van der Waals surface area contributed by atoms with Crippen LogP contribution in [0.3, 0.4) is 0 Å². The summed E-state index contributed by atoms with van der Waals surface area (Å²) in [6.45, 7) is 0. The Balaban J connectivity index is 0.00000156. The second-order valence-corrected chi connectivity index (χ2v) is 5.12. The summed E-state index contributed by atoms with van der Waals surface area (Å²) < 4.78 is 2.06. The number of hydrogen-bond donors (Lipinski definition) is 1. The molecule has 1 aliphatic rings. The van der Waals surface area contributed by atoms with Crippen molar-refractivity contribution in [1.29, 1.82) is 0 Å². The molecule has 0 saturated carbocycles. The van der Waals surface area contributed by atoms with Gasteiger partial charge in [0.05, 0.1) is 0 Å². The standard InChI is InChI=1S/C19H13N2O.U/c22-19-17(16-10-4-5-11-18(16)20-19)13-15-9-6-12-21(15)14-7-2-1-3-8-14;/h1-3,5-13H,(H,20,22);/q-1;/b17-13-;. The van der Waals surface area contributed by atoms with Gasteiger partial charge in [-0.2, -0.15) is 18.2 Å². The molecule has 1 aliphatic heterocycles. The third-order valence-electron chi connectivity index (χ3n) is 3.75. The summed E-state index contributed by atoms with van der Waals surface area (Å²) in [4.78, 5) is 12.2. The van der Waals surface area contributed by atoms with E-state index in [2.05, 4.69) is 16.0 Å². The third-order valence-corrected chi connectivity index (χ3v) is 3.75.